The fourth-order valence-electron chi connectivity index (χ4n) is 4.93. The summed E-state index contributed by atoms with van der Waals surface area (Å²) in [6, 6.07) is 21.0. The molecule has 1 N–H and O–H groups in total. The summed E-state index contributed by atoms with van der Waals surface area (Å²) in [5.74, 6) is -0.285. The molecule has 0 radical (unpaired) electrons. The Labute approximate surface area is 187 Å². The number of hydrogen-bond acceptors (Lipinski definition) is 4. The summed E-state index contributed by atoms with van der Waals surface area (Å²) in [4.78, 5) is 22.3. The first-order chi connectivity index (χ1) is 15.7. The van der Waals surface area contributed by atoms with Gasteiger partial charge in [-0.2, -0.15) is 0 Å². The van der Waals surface area contributed by atoms with Gasteiger partial charge in [0.2, 0.25) is 5.91 Å². The predicted molar refractivity (Wildman–Crippen MR) is 124 cm³/mol. The minimum Gasteiger partial charge on any atom is -0.368 e. The molecule has 164 valence electrons. The third-order valence-electron chi connectivity index (χ3n) is 6.56. The van der Waals surface area contributed by atoms with Gasteiger partial charge in [-0.25, -0.2) is 4.39 Å². The number of pyridine rings is 1. The van der Waals surface area contributed by atoms with Gasteiger partial charge >= 0.3 is 0 Å². The van der Waals surface area contributed by atoms with Crippen LogP contribution >= 0.6 is 0 Å². The number of para-hydroxylation sites is 1. The molecule has 0 bridgehead atoms. The van der Waals surface area contributed by atoms with Crippen LogP contribution in [0.25, 0.3) is 0 Å². The van der Waals surface area contributed by atoms with Crippen molar-refractivity contribution >= 4 is 17.3 Å². The summed E-state index contributed by atoms with van der Waals surface area (Å²) in [6.45, 7) is 2.97. The first-order valence-electron chi connectivity index (χ1n) is 11.2. The number of halogens is 1. The maximum Gasteiger partial charge on any atom is 0.225 e. The van der Waals surface area contributed by atoms with Crippen molar-refractivity contribution in [3.8, 4) is 0 Å². The molecule has 0 spiro atoms. The zero-order valence-corrected chi connectivity index (χ0v) is 18.0. The van der Waals surface area contributed by atoms with Gasteiger partial charge in [0.1, 0.15) is 5.82 Å². The standard InChI is InChI=1S/C26H27FN4O/c27-20-8-10-22(11-9-20)30-15-16-31-24-7-2-1-5-19(24)17-23(25(31)18-30)26(32)29-14-12-21-6-3-4-13-28-21/h1-11,13,23,25H,12,14-18H2,(H,29,32). The van der Waals surface area contributed by atoms with E-state index in [1.54, 1.807) is 6.20 Å². The van der Waals surface area contributed by atoms with Crippen LogP contribution in [0, 0.1) is 11.7 Å². The smallest absolute Gasteiger partial charge is 0.225 e. The van der Waals surface area contributed by atoms with Crippen LogP contribution in [0.3, 0.4) is 0 Å². The van der Waals surface area contributed by atoms with Crippen LogP contribution in [-0.4, -0.2) is 43.1 Å². The number of amides is 1. The Morgan fingerprint density at radius 2 is 1.84 bits per heavy atom. The van der Waals surface area contributed by atoms with Crippen molar-refractivity contribution in [2.45, 2.75) is 18.9 Å². The molecule has 1 saturated heterocycles. The molecule has 1 fully saturated rings. The van der Waals surface area contributed by atoms with Gasteiger partial charge in [-0.15, -0.1) is 0 Å². The van der Waals surface area contributed by atoms with E-state index in [0.717, 1.165) is 37.4 Å². The quantitative estimate of drug-likeness (QED) is 0.674. The topological polar surface area (TPSA) is 48.5 Å². The molecule has 1 amide bonds. The fourth-order valence-corrected chi connectivity index (χ4v) is 4.93. The van der Waals surface area contributed by atoms with Crippen LogP contribution in [0.5, 0.6) is 0 Å². The number of rotatable bonds is 5. The lowest BCUT2D eigenvalue weighted by Gasteiger charge is -2.49. The van der Waals surface area contributed by atoms with Gasteiger partial charge in [0.25, 0.3) is 0 Å². The molecule has 2 aliphatic rings. The zero-order chi connectivity index (χ0) is 21.9. The van der Waals surface area contributed by atoms with Crippen LogP contribution in [0.15, 0.2) is 72.9 Å². The van der Waals surface area contributed by atoms with Crippen LogP contribution in [0.1, 0.15) is 11.3 Å². The van der Waals surface area contributed by atoms with Gasteiger partial charge in [0, 0.05) is 55.9 Å². The molecule has 5 nitrogen and oxygen atoms in total. The monoisotopic (exact) mass is 430 g/mol. The van der Waals surface area contributed by atoms with Crippen molar-refractivity contribution in [1.29, 1.82) is 0 Å². The SMILES string of the molecule is O=C(NCCc1ccccn1)C1Cc2ccccc2N2CCN(c3ccc(F)cc3)CC12. The van der Waals surface area contributed by atoms with Crippen molar-refractivity contribution in [3.05, 3.63) is 90.0 Å². The highest BCUT2D eigenvalue weighted by atomic mass is 19.1. The lowest BCUT2D eigenvalue weighted by atomic mass is 9.83. The molecular formula is C26H27FN4O. The minimum atomic E-state index is -0.232. The predicted octanol–water partition coefficient (Wildman–Crippen LogP) is 3.45. The maximum atomic E-state index is 13.4. The number of aromatic nitrogens is 1. The van der Waals surface area contributed by atoms with E-state index in [9.17, 15) is 9.18 Å². The first kappa shape index (κ1) is 20.5. The van der Waals surface area contributed by atoms with Crippen molar-refractivity contribution < 1.29 is 9.18 Å². The summed E-state index contributed by atoms with van der Waals surface area (Å²) >= 11 is 0. The van der Waals surface area contributed by atoms with Crippen molar-refractivity contribution in [2.24, 2.45) is 5.92 Å². The first-order valence-corrected chi connectivity index (χ1v) is 11.2. The Bertz CT molecular complexity index is 1070. The van der Waals surface area contributed by atoms with Gasteiger partial charge in [-0.1, -0.05) is 24.3 Å². The highest BCUT2D eigenvalue weighted by Gasteiger charge is 2.41. The Kier molecular flexibility index (Phi) is 5.75. The van der Waals surface area contributed by atoms with E-state index >= 15 is 0 Å². The Balaban J connectivity index is 1.34. The molecule has 6 heteroatoms. The minimum absolute atomic E-state index is 0.0681. The van der Waals surface area contributed by atoms with Gasteiger partial charge in [-0.3, -0.25) is 9.78 Å². The Morgan fingerprint density at radius 3 is 2.66 bits per heavy atom. The number of nitrogens with one attached hydrogen (secondary N) is 1. The molecule has 3 heterocycles. The molecule has 0 aliphatic carbocycles. The number of benzene rings is 2. The van der Waals surface area contributed by atoms with E-state index in [4.69, 9.17) is 0 Å². The highest BCUT2D eigenvalue weighted by molar-refractivity contribution is 5.82. The van der Waals surface area contributed by atoms with Crippen molar-refractivity contribution in [2.75, 3.05) is 36.0 Å². The third kappa shape index (κ3) is 4.17. The maximum absolute atomic E-state index is 13.4. The van der Waals surface area contributed by atoms with E-state index in [-0.39, 0.29) is 23.7 Å². The van der Waals surface area contributed by atoms with E-state index in [1.165, 1.54) is 23.4 Å². The van der Waals surface area contributed by atoms with Crippen LogP contribution in [0.4, 0.5) is 15.8 Å². The molecule has 3 aromatic rings. The summed E-state index contributed by atoms with van der Waals surface area (Å²) in [5.41, 5.74) is 4.43. The molecule has 2 aromatic carbocycles. The lowest BCUT2D eigenvalue weighted by molar-refractivity contribution is -0.125. The van der Waals surface area contributed by atoms with E-state index in [2.05, 4.69) is 38.3 Å². The molecule has 2 aliphatic heterocycles. The summed E-state index contributed by atoms with van der Waals surface area (Å²) in [5, 5.41) is 3.15. The Morgan fingerprint density at radius 1 is 1.03 bits per heavy atom. The second-order valence-corrected chi connectivity index (χ2v) is 8.48. The third-order valence-corrected chi connectivity index (χ3v) is 6.56. The van der Waals surface area contributed by atoms with Crippen LogP contribution in [0.2, 0.25) is 0 Å². The zero-order valence-electron chi connectivity index (χ0n) is 18.0. The average molecular weight is 431 g/mol. The van der Waals surface area contributed by atoms with Crippen LogP contribution < -0.4 is 15.1 Å². The number of fused-ring (bicyclic) bond motifs is 3. The summed E-state index contributed by atoms with van der Waals surface area (Å²) in [6.07, 6.45) is 3.22. The summed E-state index contributed by atoms with van der Waals surface area (Å²) < 4.78 is 13.4. The second kappa shape index (κ2) is 8.99. The molecular weight excluding hydrogens is 403 g/mol. The molecule has 2 atom stereocenters. The van der Waals surface area contributed by atoms with Gasteiger partial charge in [0.05, 0.1) is 12.0 Å². The molecule has 2 unspecified atom stereocenters. The van der Waals surface area contributed by atoms with Crippen molar-refractivity contribution in [1.82, 2.24) is 10.3 Å². The van der Waals surface area contributed by atoms with Gasteiger partial charge in [0.15, 0.2) is 0 Å². The molecule has 32 heavy (non-hydrogen) atoms. The number of carbonyl (C=O) groups excluding carboxylic acids is 1. The normalized spacial score (nSPS) is 19.8. The number of carbonyl (C=O) groups is 1. The largest absolute Gasteiger partial charge is 0.368 e. The van der Waals surface area contributed by atoms with Crippen LogP contribution in [-0.2, 0) is 17.6 Å². The van der Waals surface area contributed by atoms with E-state index in [0.29, 0.717) is 13.0 Å². The number of piperazine rings is 1. The molecule has 0 saturated carbocycles. The van der Waals surface area contributed by atoms with Gasteiger partial charge in [-0.05, 0) is 54.4 Å². The second-order valence-electron chi connectivity index (χ2n) is 8.48. The lowest BCUT2D eigenvalue weighted by Crippen LogP contribution is -2.61. The average Bonchev–Trinajstić information content (AvgIpc) is 2.84. The van der Waals surface area contributed by atoms with E-state index < -0.39 is 0 Å². The number of hydrogen-bond donors (Lipinski definition) is 1. The number of anilines is 2. The Hall–Kier alpha value is -3.41. The van der Waals surface area contributed by atoms with Crippen molar-refractivity contribution in [3.63, 3.8) is 0 Å². The molecule has 1 aromatic heterocycles. The summed E-state index contributed by atoms with van der Waals surface area (Å²) in [7, 11) is 0. The fraction of sp³-hybridized carbons (Fsp3) is 0.308. The van der Waals surface area contributed by atoms with Gasteiger partial charge < -0.3 is 15.1 Å². The molecule has 5 rings (SSSR count). The highest BCUT2D eigenvalue weighted by Crippen LogP contribution is 2.36. The van der Waals surface area contributed by atoms with E-state index in [1.807, 2.05) is 36.4 Å². The number of nitrogens with zero attached hydrogens (tertiary/aromatic N) is 3.